The Balaban J connectivity index is 2.03. The highest BCUT2D eigenvalue weighted by atomic mass is 35.5. The monoisotopic (exact) mass is 370 g/mol. The zero-order chi connectivity index (χ0) is 18.0. The average Bonchev–Trinajstić information content (AvgIpc) is 2.75. The summed E-state index contributed by atoms with van der Waals surface area (Å²) in [6, 6.07) is 2.74. The van der Waals surface area contributed by atoms with Crippen molar-refractivity contribution in [2.24, 2.45) is 7.05 Å². The van der Waals surface area contributed by atoms with Crippen LogP contribution in [0.25, 0.3) is 0 Å². The number of aryl methyl sites for hydroxylation is 2. The van der Waals surface area contributed by atoms with Crippen LogP contribution >= 0.6 is 23.2 Å². The molecule has 2 rings (SSSR count). The summed E-state index contributed by atoms with van der Waals surface area (Å²) >= 11 is 11.7. The molecular weight excluding hydrogens is 355 g/mol. The van der Waals surface area contributed by atoms with Gasteiger partial charge in [0.05, 0.1) is 33.3 Å². The standard InChI is InChI=1S/C15H16Cl2N4O3/c1-7-14(8(2)21(3)20-7)19-12(22)6-24-15(23)10-4-9(16)5-11(17)13(10)18/h4-5H,6,18H2,1-3H3,(H,19,22). The number of nitrogen functional groups attached to an aromatic ring is 1. The summed E-state index contributed by atoms with van der Waals surface area (Å²) < 4.78 is 6.61. The minimum absolute atomic E-state index is 0.00837. The number of halogens is 2. The molecule has 1 heterocycles. The molecule has 0 atom stereocenters. The number of hydrogen-bond donors (Lipinski definition) is 2. The number of carbonyl (C=O) groups is 2. The molecule has 0 radical (unpaired) electrons. The topological polar surface area (TPSA) is 99.2 Å². The number of carbonyl (C=O) groups excluding carboxylic acids is 2. The van der Waals surface area contributed by atoms with E-state index in [1.807, 2.05) is 6.92 Å². The number of nitrogens with zero attached hydrogens (tertiary/aromatic N) is 2. The molecule has 0 fully saturated rings. The van der Waals surface area contributed by atoms with E-state index in [1.54, 1.807) is 18.7 Å². The van der Waals surface area contributed by atoms with Crippen molar-refractivity contribution >= 4 is 46.5 Å². The van der Waals surface area contributed by atoms with Crippen molar-refractivity contribution in [3.05, 3.63) is 39.1 Å². The van der Waals surface area contributed by atoms with Crippen LogP contribution in [0.15, 0.2) is 12.1 Å². The molecule has 0 saturated carbocycles. The van der Waals surface area contributed by atoms with Crippen LogP contribution in [0.5, 0.6) is 0 Å². The van der Waals surface area contributed by atoms with Crippen LogP contribution in [-0.2, 0) is 16.6 Å². The van der Waals surface area contributed by atoms with E-state index in [9.17, 15) is 9.59 Å². The second-order valence-electron chi connectivity index (χ2n) is 5.14. The first kappa shape index (κ1) is 18.1. The molecule has 1 aromatic carbocycles. The lowest BCUT2D eigenvalue weighted by molar-refractivity contribution is -0.119. The number of esters is 1. The van der Waals surface area contributed by atoms with Gasteiger partial charge in [0.2, 0.25) is 0 Å². The van der Waals surface area contributed by atoms with Crippen molar-refractivity contribution in [2.45, 2.75) is 13.8 Å². The van der Waals surface area contributed by atoms with Gasteiger partial charge >= 0.3 is 5.97 Å². The molecule has 24 heavy (non-hydrogen) atoms. The van der Waals surface area contributed by atoms with E-state index in [1.165, 1.54) is 12.1 Å². The first-order chi connectivity index (χ1) is 11.2. The summed E-state index contributed by atoms with van der Waals surface area (Å²) in [7, 11) is 1.77. The van der Waals surface area contributed by atoms with Gasteiger partial charge in [-0.3, -0.25) is 9.48 Å². The molecule has 1 amide bonds. The first-order valence-corrected chi connectivity index (χ1v) is 7.68. The molecule has 0 aliphatic rings. The number of aromatic nitrogens is 2. The molecule has 9 heteroatoms. The Morgan fingerprint density at radius 1 is 1.33 bits per heavy atom. The maximum atomic E-state index is 12.0. The molecule has 0 spiro atoms. The SMILES string of the molecule is Cc1nn(C)c(C)c1NC(=O)COC(=O)c1cc(Cl)cc(Cl)c1N. The van der Waals surface area contributed by atoms with E-state index >= 15 is 0 Å². The highest BCUT2D eigenvalue weighted by Crippen LogP contribution is 2.28. The molecule has 0 aliphatic carbocycles. The van der Waals surface area contributed by atoms with Gasteiger partial charge in [0.15, 0.2) is 6.61 Å². The van der Waals surface area contributed by atoms with Gasteiger partial charge in [-0.2, -0.15) is 5.10 Å². The van der Waals surface area contributed by atoms with Crippen molar-refractivity contribution in [1.82, 2.24) is 9.78 Å². The third-order valence-corrected chi connectivity index (χ3v) is 3.95. The number of nitrogens with one attached hydrogen (secondary N) is 1. The predicted octanol–water partition coefficient (Wildman–Crippen LogP) is 2.72. The quantitative estimate of drug-likeness (QED) is 0.636. The van der Waals surface area contributed by atoms with Gasteiger partial charge in [-0.25, -0.2) is 4.79 Å². The molecular formula is C15H16Cl2N4O3. The summed E-state index contributed by atoms with van der Waals surface area (Å²) in [4.78, 5) is 24.0. The van der Waals surface area contributed by atoms with Gasteiger partial charge in [0.1, 0.15) is 0 Å². The summed E-state index contributed by atoms with van der Waals surface area (Å²) in [6.45, 7) is 3.11. The van der Waals surface area contributed by atoms with E-state index in [0.717, 1.165) is 5.69 Å². The number of anilines is 2. The molecule has 0 bridgehead atoms. The Bertz CT molecular complexity index is 818. The summed E-state index contributed by atoms with van der Waals surface area (Å²) in [5, 5.41) is 7.23. The Kier molecular flexibility index (Phi) is 5.36. The summed E-state index contributed by atoms with van der Waals surface area (Å²) in [5.74, 6) is -1.28. The van der Waals surface area contributed by atoms with Gasteiger partial charge in [-0.15, -0.1) is 0 Å². The number of amides is 1. The average molecular weight is 371 g/mol. The fourth-order valence-corrected chi connectivity index (χ4v) is 2.59. The van der Waals surface area contributed by atoms with Crippen LogP contribution < -0.4 is 11.1 Å². The largest absolute Gasteiger partial charge is 0.452 e. The minimum atomic E-state index is -0.785. The van der Waals surface area contributed by atoms with E-state index in [-0.39, 0.29) is 21.3 Å². The number of hydrogen-bond acceptors (Lipinski definition) is 5. The van der Waals surface area contributed by atoms with Crippen LogP contribution in [0.1, 0.15) is 21.7 Å². The van der Waals surface area contributed by atoms with E-state index in [4.69, 9.17) is 33.7 Å². The number of nitrogens with two attached hydrogens (primary N) is 1. The highest BCUT2D eigenvalue weighted by molar-refractivity contribution is 6.37. The normalized spacial score (nSPS) is 10.5. The second kappa shape index (κ2) is 7.11. The summed E-state index contributed by atoms with van der Waals surface area (Å²) in [6.07, 6.45) is 0. The third kappa shape index (κ3) is 3.80. The number of ether oxygens (including phenoxy) is 1. The molecule has 2 aromatic rings. The third-order valence-electron chi connectivity index (χ3n) is 3.42. The molecule has 0 saturated heterocycles. The zero-order valence-electron chi connectivity index (χ0n) is 13.3. The molecule has 128 valence electrons. The lowest BCUT2D eigenvalue weighted by Gasteiger charge is -2.09. The summed E-state index contributed by atoms with van der Waals surface area (Å²) in [5.41, 5.74) is 7.82. The molecule has 0 aliphatic heterocycles. The van der Waals surface area contributed by atoms with Crippen molar-refractivity contribution in [2.75, 3.05) is 17.7 Å². The van der Waals surface area contributed by atoms with Crippen LogP contribution in [0, 0.1) is 13.8 Å². The van der Waals surface area contributed by atoms with Gasteiger partial charge in [0.25, 0.3) is 5.91 Å². The maximum Gasteiger partial charge on any atom is 0.340 e. The van der Waals surface area contributed by atoms with E-state index in [2.05, 4.69) is 10.4 Å². The minimum Gasteiger partial charge on any atom is -0.452 e. The fourth-order valence-electron chi connectivity index (χ4n) is 2.09. The van der Waals surface area contributed by atoms with Crippen LogP contribution in [0.4, 0.5) is 11.4 Å². The van der Waals surface area contributed by atoms with Crippen molar-refractivity contribution in [1.29, 1.82) is 0 Å². The smallest absolute Gasteiger partial charge is 0.340 e. The Morgan fingerprint density at radius 2 is 2.00 bits per heavy atom. The van der Waals surface area contributed by atoms with Gasteiger partial charge < -0.3 is 15.8 Å². The Labute approximate surface area is 148 Å². The van der Waals surface area contributed by atoms with Crippen LogP contribution in [0.2, 0.25) is 10.0 Å². The van der Waals surface area contributed by atoms with Crippen molar-refractivity contribution in [3.8, 4) is 0 Å². The maximum absolute atomic E-state index is 12.0. The number of benzene rings is 1. The lowest BCUT2D eigenvalue weighted by atomic mass is 10.2. The highest BCUT2D eigenvalue weighted by Gasteiger charge is 2.18. The molecule has 3 N–H and O–H groups in total. The van der Waals surface area contributed by atoms with Gasteiger partial charge in [-0.1, -0.05) is 23.2 Å². The molecule has 1 aromatic heterocycles. The Morgan fingerprint density at radius 3 is 2.58 bits per heavy atom. The van der Waals surface area contributed by atoms with Crippen LogP contribution in [-0.4, -0.2) is 28.3 Å². The van der Waals surface area contributed by atoms with E-state index < -0.39 is 18.5 Å². The van der Waals surface area contributed by atoms with Crippen molar-refractivity contribution < 1.29 is 14.3 Å². The predicted molar refractivity (Wildman–Crippen MR) is 92.5 cm³/mol. The molecule has 7 nitrogen and oxygen atoms in total. The zero-order valence-corrected chi connectivity index (χ0v) is 14.8. The number of rotatable bonds is 4. The van der Waals surface area contributed by atoms with Crippen molar-refractivity contribution in [3.63, 3.8) is 0 Å². The second-order valence-corrected chi connectivity index (χ2v) is 5.99. The first-order valence-electron chi connectivity index (χ1n) is 6.92. The van der Waals surface area contributed by atoms with Crippen LogP contribution in [0.3, 0.4) is 0 Å². The van der Waals surface area contributed by atoms with Gasteiger partial charge in [-0.05, 0) is 26.0 Å². The fraction of sp³-hybridized carbons (Fsp3) is 0.267. The van der Waals surface area contributed by atoms with Gasteiger partial charge in [0, 0.05) is 12.1 Å². The lowest BCUT2D eigenvalue weighted by Crippen LogP contribution is -2.22. The molecule has 0 unspecified atom stereocenters. The Hall–Kier alpha value is -2.25. The van der Waals surface area contributed by atoms with E-state index in [0.29, 0.717) is 11.4 Å².